The van der Waals surface area contributed by atoms with Crippen LogP contribution in [0, 0.1) is 5.82 Å². The van der Waals surface area contributed by atoms with Gasteiger partial charge in [0.2, 0.25) is 0 Å². The molecule has 0 fully saturated rings. The zero-order valence-electron chi connectivity index (χ0n) is 16.3. The van der Waals surface area contributed by atoms with Crippen LogP contribution in [0.15, 0.2) is 84.0 Å². The Bertz CT molecular complexity index is 1200. The van der Waals surface area contributed by atoms with Crippen molar-refractivity contribution >= 4 is 34.8 Å². The average Bonchev–Trinajstić information content (AvgIpc) is 3.16. The van der Waals surface area contributed by atoms with Gasteiger partial charge in [0.25, 0.3) is 5.91 Å². The van der Waals surface area contributed by atoms with Crippen LogP contribution >= 0.6 is 11.8 Å². The second-order valence-electron chi connectivity index (χ2n) is 6.58. The van der Waals surface area contributed by atoms with Crippen molar-refractivity contribution in [2.24, 2.45) is 0 Å². The maximum atomic E-state index is 13.1. The van der Waals surface area contributed by atoms with E-state index >= 15 is 0 Å². The maximum Gasteiger partial charge on any atom is 0.257 e. The number of carbonyl (C=O) groups excluding carboxylic acids is 1. The van der Waals surface area contributed by atoms with Gasteiger partial charge in [0.1, 0.15) is 11.6 Å². The third-order valence-electron chi connectivity index (χ3n) is 4.57. The molecule has 1 heterocycles. The van der Waals surface area contributed by atoms with Crippen LogP contribution in [0.25, 0.3) is 17.1 Å². The molecular formula is C24H19FN2O2S. The number of nitrogens with zero attached hydrogens (tertiary/aromatic N) is 2. The van der Waals surface area contributed by atoms with Crippen LogP contribution in [-0.2, 0) is 5.75 Å². The number of imidazole rings is 1. The average molecular weight is 418 g/mol. The second-order valence-corrected chi connectivity index (χ2v) is 7.52. The molecule has 4 aromatic rings. The summed E-state index contributed by atoms with van der Waals surface area (Å²) in [6, 6.07) is 21.3. The number of hydrogen-bond acceptors (Lipinski definition) is 4. The van der Waals surface area contributed by atoms with Gasteiger partial charge in [0.05, 0.1) is 18.1 Å². The first kappa shape index (κ1) is 19.9. The molecule has 30 heavy (non-hydrogen) atoms. The standard InChI is InChI=1S/C24H19FN2O2S/c1-29-20-13-8-17(9-14-20)10-15-23(28)27-22-5-3-2-4-21(22)26-24(27)30-16-18-6-11-19(25)12-7-18/h2-15H,16H2,1H3/b15-10+. The molecule has 0 amide bonds. The predicted molar refractivity (Wildman–Crippen MR) is 118 cm³/mol. The maximum absolute atomic E-state index is 13.1. The van der Waals surface area contributed by atoms with Gasteiger partial charge < -0.3 is 4.74 Å². The highest BCUT2D eigenvalue weighted by molar-refractivity contribution is 7.98. The van der Waals surface area contributed by atoms with Crippen molar-refractivity contribution in [1.82, 2.24) is 9.55 Å². The molecule has 4 rings (SSSR count). The summed E-state index contributed by atoms with van der Waals surface area (Å²) in [7, 11) is 1.61. The normalized spacial score (nSPS) is 11.3. The highest BCUT2D eigenvalue weighted by Crippen LogP contribution is 2.27. The van der Waals surface area contributed by atoms with E-state index in [-0.39, 0.29) is 11.7 Å². The number of carbonyl (C=O) groups is 1. The molecule has 4 nitrogen and oxygen atoms in total. The van der Waals surface area contributed by atoms with Crippen molar-refractivity contribution in [3.63, 3.8) is 0 Å². The topological polar surface area (TPSA) is 44.1 Å². The number of methoxy groups -OCH3 is 1. The number of benzene rings is 3. The largest absolute Gasteiger partial charge is 0.497 e. The minimum atomic E-state index is -0.269. The number of fused-ring (bicyclic) bond motifs is 1. The highest BCUT2D eigenvalue weighted by Gasteiger charge is 2.15. The van der Waals surface area contributed by atoms with E-state index in [0.717, 1.165) is 27.9 Å². The van der Waals surface area contributed by atoms with Crippen molar-refractivity contribution < 1.29 is 13.9 Å². The number of rotatable bonds is 6. The van der Waals surface area contributed by atoms with Gasteiger partial charge in [0.15, 0.2) is 5.16 Å². The lowest BCUT2D eigenvalue weighted by Crippen LogP contribution is -2.08. The summed E-state index contributed by atoms with van der Waals surface area (Å²) in [5.41, 5.74) is 3.36. The number of allylic oxidation sites excluding steroid dienone is 1. The summed E-state index contributed by atoms with van der Waals surface area (Å²) < 4.78 is 19.9. The first-order valence-corrected chi connectivity index (χ1v) is 10.3. The van der Waals surface area contributed by atoms with Crippen molar-refractivity contribution in [2.75, 3.05) is 7.11 Å². The molecule has 0 spiro atoms. The van der Waals surface area contributed by atoms with Gasteiger partial charge in [0, 0.05) is 11.8 Å². The number of halogens is 1. The fraction of sp³-hybridized carbons (Fsp3) is 0.0833. The molecule has 0 N–H and O–H groups in total. The smallest absolute Gasteiger partial charge is 0.257 e. The summed E-state index contributed by atoms with van der Waals surface area (Å²) >= 11 is 1.44. The summed E-state index contributed by atoms with van der Waals surface area (Å²) in [4.78, 5) is 17.7. The fourth-order valence-corrected chi connectivity index (χ4v) is 3.97. The zero-order chi connectivity index (χ0) is 20.9. The zero-order valence-corrected chi connectivity index (χ0v) is 17.1. The number of hydrogen-bond donors (Lipinski definition) is 0. The van der Waals surface area contributed by atoms with Crippen molar-refractivity contribution in [3.8, 4) is 5.75 Å². The van der Waals surface area contributed by atoms with Gasteiger partial charge in [-0.1, -0.05) is 48.2 Å². The Hall–Kier alpha value is -3.38. The molecule has 1 aromatic heterocycles. The lowest BCUT2D eigenvalue weighted by molar-refractivity contribution is 0.0965. The van der Waals surface area contributed by atoms with Gasteiger partial charge in [-0.25, -0.2) is 9.37 Å². The van der Waals surface area contributed by atoms with E-state index in [9.17, 15) is 9.18 Å². The summed E-state index contributed by atoms with van der Waals surface area (Å²) in [6.07, 6.45) is 3.31. The van der Waals surface area contributed by atoms with Crippen molar-refractivity contribution in [2.45, 2.75) is 10.9 Å². The summed E-state index contributed by atoms with van der Waals surface area (Å²) in [5.74, 6) is 0.897. The molecule has 0 saturated heterocycles. The lowest BCUT2D eigenvalue weighted by atomic mass is 10.2. The van der Waals surface area contributed by atoms with Crippen molar-refractivity contribution in [1.29, 1.82) is 0 Å². The molecule has 0 bridgehead atoms. The molecule has 6 heteroatoms. The quantitative estimate of drug-likeness (QED) is 0.292. The number of thioether (sulfide) groups is 1. The Labute approximate surface area is 178 Å². The molecule has 0 aliphatic carbocycles. The molecule has 0 radical (unpaired) electrons. The molecule has 0 atom stereocenters. The molecule has 0 aliphatic rings. The van der Waals surface area contributed by atoms with Crippen LogP contribution in [0.4, 0.5) is 4.39 Å². The van der Waals surface area contributed by atoms with E-state index in [1.54, 1.807) is 29.9 Å². The van der Waals surface area contributed by atoms with Gasteiger partial charge >= 0.3 is 0 Å². The Kier molecular flexibility index (Phi) is 5.95. The van der Waals surface area contributed by atoms with E-state index in [1.165, 1.54) is 30.0 Å². The minimum absolute atomic E-state index is 0.180. The van der Waals surface area contributed by atoms with E-state index in [0.29, 0.717) is 10.9 Å². The third-order valence-corrected chi connectivity index (χ3v) is 5.58. The van der Waals surface area contributed by atoms with Crippen LogP contribution < -0.4 is 4.74 Å². The Morgan fingerprint density at radius 3 is 2.53 bits per heavy atom. The summed E-state index contributed by atoms with van der Waals surface area (Å²) in [6.45, 7) is 0. The third kappa shape index (κ3) is 4.44. The van der Waals surface area contributed by atoms with Crippen LogP contribution in [0.3, 0.4) is 0 Å². The van der Waals surface area contributed by atoms with Crippen LogP contribution in [0.2, 0.25) is 0 Å². The molecular weight excluding hydrogens is 399 g/mol. The Morgan fingerprint density at radius 2 is 1.80 bits per heavy atom. The van der Waals surface area contributed by atoms with Gasteiger partial charge in [-0.15, -0.1) is 0 Å². The highest BCUT2D eigenvalue weighted by atomic mass is 32.2. The molecule has 150 valence electrons. The van der Waals surface area contributed by atoms with Gasteiger partial charge in [-0.2, -0.15) is 0 Å². The van der Waals surface area contributed by atoms with E-state index < -0.39 is 0 Å². The molecule has 0 aliphatic heterocycles. The minimum Gasteiger partial charge on any atom is -0.497 e. The van der Waals surface area contributed by atoms with Crippen molar-refractivity contribution in [3.05, 3.63) is 95.8 Å². The number of ether oxygens (including phenoxy) is 1. The van der Waals surface area contributed by atoms with E-state index in [4.69, 9.17) is 4.74 Å². The first-order chi connectivity index (χ1) is 14.6. The molecule has 0 unspecified atom stereocenters. The Morgan fingerprint density at radius 1 is 1.07 bits per heavy atom. The monoisotopic (exact) mass is 418 g/mol. The van der Waals surface area contributed by atoms with Crippen LogP contribution in [-0.4, -0.2) is 22.6 Å². The first-order valence-electron chi connectivity index (χ1n) is 9.35. The van der Waals surface area contributed by atoms with E-state index in [2.05, 4.69) is 4.98 Å². The SMILES string of the molecule is COc1ccc(/C=C/C(=O)n2c(SCc3ccc(F)cc3)nc3ccccc32)cc1. The predicted octanol–water partition coefficient (Wildman–Crippen LogP) is 5.83. The second kappa shape index (κ2) is 8.97. The van der Waals surface area contributed by atoms with Gasteiger partial charge in [-0.05, 0) is 53.6 Å². The van der Waals surface area contributed by atoms with E-state index in [1.807, 2.05) is 48.5 Å². The lowest BCUT2D eigenvalue weighted by Gasteiger charge is -2.05. The van der Waals surface area contributed by atoms with Crippen LogP contribution in [0.1, 0.15) is 15.9 Å². The molecule has 3 aromatic carbocycles. The Balaban J connectivity index is 1.60. The summed E-state index contributed by atoms with van der Waals surface area (Å²) in [5, 5.41) is 0.602. The number of para-hydroxylation sites is 2. The fourth-order valence-electron chi connectivity index (χ4n) is 3.00. The number of aromatic nitrogens is 2. The van der Waals surface area contributed by atoms with Crippen LogP contribution in [0.5, 0.6) is 5.75 Å². The molecule has 0 saturated carbocycles. The van der Waals surface area contributed by atoms with Gasteiger partial charge in [-0.3, -0.25) is 9.36 Å².